The Morgan fingerprint density at radius 1 is 0.857 bits per heavy atom. The number of ether oxygens (including phenoxy) is 2. The maximum Gasteiger partial charge on any atom is 0.240 e. The van der Waals surface area contributed by atoms with Gasteiger partial charge in [-0.2, -0.15) is 0 Å². The zero-order valence-electron chi connectivity index (χ0n) is 12.7. The zero-order valence-corrected chi connectivity index (χ0v) is 12.7. The van der Waals surface area contributed by atoms with Crippen LogP contribution in [0.25, 0.3) is 0 Å². The second-order valence-corrected chi connectivity index (χ2v) is 5.11. The van der Waals surface area contributed by atoms with Gasteiger partial charge in [-0.1, -0.05) is 13.0 Å². The fraction of sp³-hybridized carbons (Fsp3) is 0.294. The minimum absolute atomic E-state index is 0.366. The Bertz CT molecular complexity index is 573. The van der Waals surface area contributed by atoms with Gasteiger partial charge in [0.25, 0.3) is 0 Å². The van der Waals surface area contributed by atoms with Crippen molar-refractivity contribution in [1.82, 2.24) is 0 Å². The fourth-order valence-corrected chi connectivity index (χ4v) is 1.91. The number of nitrogen functional groups attached to an aromatic ring is 2. The lowest BCUT2D eigenvalue weighted by molar-refractivity contribution is 0.00333. The predicted octanol–water partition coefficient (Wildman–Crippen LogP) is 3.66. The molecule has 0 radical (unpaired) electrons. The SMILES string of the molecule is CCC(Oc1ccc(N)c(C)c1)Oc1ccc(C)c(N)c1. The lowest BCUT2D eigenvalue weighted by atomic mass is 10.2. The molecule has 0 aromatic heterocycles. The molecule has 2 aromatic carbocycles. The maximum absolute atomic E-state index is 5.89. The van der Waals surface area contributed by atoms with Crippen LogP contribution in [0, 0.1) is 13.8 Å². The molecule has 2 rings (SSSR count). The fourth-order valence-electron chi connectivity index (χ4n) is 1.91. The summed E-state index contributed by atoms with van der Waals surface area (Å²) in [6, 6.07) is 11.2. The molecule has 0 saturated carbocycles. The normalized spacial score (nSPS) is 12.0. The minimum atomic E-state index is -0.366. The van der Waals surface area contributed by atoms with Gasteiger partial charge in [-0.3, -0.25) is 0 Å². The molecule has 0 aliphatic carbocycles. The summed E-state index contributed by atoms with van der Waals surface area (Å²) < 4.78 is 11.7. The van der Waals surface area contributed by atoms with Crippen LogP contribution in [-0.4, -0.2) is 6.29 Å². The standard InChI is InChI=1S/C17H22N2O2/c1-4-17(20-13-7-8-15(18)12(3)9-13)21-14-6-5-11(2)16(19)10-14/h5-10,17H,4,18-19H2,1-3H3. The lowest BCUT2D eigenvalue weighted by Gasteiger charge is -2.20. The Balaban J connectivity index is 2.08. The molecule has 0 amide bonds. The molecule has 21 heavy (non-hydrogen) atoms. The summed E-state index contributed by atoms with van der Waals surface area (Å²) in [6.45, 7) is 5.92. The summed E-state index contributed by atoms with van der Waals surface area (Å²) in [5.74, 6) is 1.45. The molecule has 4 N–H and O–H groups in total. The third-order valence-corrected chi connectivity index (χ3v) is 3.36. The number of nitrogens with two attached hydrogens (primary N) is 2. The summed E-state index contributed by atoms with van der Waals surface area (Å²) in [4.78, 5) is 0. The summed E-state index contributed by atoms with van der Waals surface area (Å²) in [5, 5.41) is 0. The van der Waals surface area contributed by atoms with Gasteiger partial charge in [-0.25, -0.2) is 0 Å². The molecule has 0 bridgehead atoms. The van der Waals surface area contributed by atoms with E-state index in [-0.39, 0.29) is 6.29 Å². The second kappa shape index (κ2) is 6.39. The van der Waals surface area contributed by atoms with Crippen LogP contribution in [0.2, 0.25) is 0 Å². The van der Waals surface area contributed by atoms with E-state index < -0.39 is 0 Å². The van der Waals surface area contributed by atoms with Gasteiger partial charge in [0.1, 0.15) is 11.5 Å². The Morgan fingerprint density at radius 3 is 2.05 bits per heavy atom. The van der Waals surface area contributed by atoms with Crippen molar-refractivity contribution in [3.63, 3.8) is 0 Å². The van der Waals surface area contributed by atoms with Crippen LogP contribution >= 0.6 is 0 Å². The highest BCUT2D eigenvalue weighted by atomic mass is 16.7. The van der Waals surface area contributed by atoms with E-state index in [0.717, 1.165) is 29.0 Å². The highest BCUT2D eigenvalue weighted by Crippen LogP contribution is 2.24. The van der Waals surface area contributed by atoms with Crippen molar-refractivity contribution in [2.45, 2.75) is 33.5 Å². The molecule has 0 heterocycles. The molecule has 1 atom stereocenters. The van der Waals surface area contributed by atoms with E-state index in [4.69, 9.17) is 20.9 Å². The summed E-state index contributed by atoms with van der Waals surface area (Å²) in [7, 11) is 0. The van der Waals surface area contributed by atoms with E-state index in [1.807, 2.05) is 57.2 Å². The molecule has 112 valence electrons. The minimum Gasteiger partial charge on any atom is -0.455 e. The summed E-state index contributed by atoms with van der Waals surface area (Å²) in [6.07, 6.45) is 0.354. The van der Waals surface area contributed by atoms with Crippen molar-refractivity contribution in [3.8, 4) is 11.5 Å². The van der Waals surface area contributed by atoms with E-state index in [1.165, 1.54) is 0 Å². The number of hydrogen-bond donors (Lipinski definition) is 2. The largest absolute Gasteiger partial charge is 0.455 e. The molecule has 0 saturated heterocycles. The molecule has 0 fully saturated rings. The van der Waals surface area contributed by atoms with Gasteiger partial charge in [-0.05, 0) is 49.2 Å². The second-order valence-electron chi connectivity index (χ2n) is 5.11. The molecule has 0 aliphatic heterocycles. The number of aryl methyl sites for hydroxylation is 2. The van der Waals surface area contributed by atoms with Crippen LogP contribution in [0.4, 0.5) is 11.4 Å². The average molecular weight is 286 g/mol. The van der Waals surface area contributed by atoms with Crippen molar-refractivity contribution in [3.05, 3.63) is 47.5 Å². The molecule has 4 heteroatoms. The first kappa shape index (κ1) is 15.0. The summed E-state index contributed by atoms with van der Waals surface area (Å²) in [5.41, 5.74) is 15.2. The van der Waals surface area contributed by atoms with Gasteiger partial charge in [0.15, 0.2) is 0 Å². The molecule has 1 unspecified atom stereocenters. The third-order valence-electron chi connectivity index (χ3n) is 3.36. The zero-order chi connectivity index (χ0) is 15.4. The van der Waals surface area contributed by atoms with Crippen molar-refractivity contribution in [2.75, 3.05) is 11.5 Å². The molecule has 2 aromatic rings. The van der Waals surface area contributed by atoms with Crippen LogP contribution < -0.4 is 20.9 Å². The van der Waals surface area contributed by atoms with Crippen LogP contribution in [0.5, 0.6) is 11.5 Å². The Hall–Kier alpha value is -2.36. The van der Waals surface area contributed by atoms with E-state index >= 15 is 0 Å². The molecule has 4 nitrogen and oxygen atoms in total. The van der Waals surface area contributed by atoms with Crippen molar-refractivity contribution < 1.29 is 9.47 Å². The van der Waals surface area contributed by atoms with Crippen molar-refractivity contribution in [1.29, 1.82) is 0 Å². The van der Waals surface area contributed by atoms with Gasteiger partial charge in [0.2, 0.25) is 6.29 Å². The van der Waals surface area contributed by atoms with Crippen LogP contribution in [-0.2, 0) is 0 Å². The van der Waals surface area contributed by atoms with Crippen molar-refractivity contribution >= 4 is 11.4 Å². The van der Waals surface area contributed by atoms with Gasteiger partial charge in [0.05, 0.1) is 0 Å². The Morgan fingerprint density at radius 2 is 1.48 bits per heavy atom. The smallest absolute Gasteiger partial charge is 0.240 e. The van der Waals surface area contributed by atoms with Crippen LogP contribution in [0.3, 0.4) is 0 Å². The van der Waals surface area contributed by atoms with Crippen molar-refractivity contribution in [2.24, 2.45) is 0 Å². The van der Waals surface area contributed by atoms with Gasteiger partial charge in [-0.15, -0.1) is 0 Å². The molecule has 0 aliphatic rings. The Labute approximate surface area is 125 Å². The summed E-state index contributed by atoms with van der Waals surface area (Å²) >= 11 is 0. The average Bonchev–Trinajstić information content (AvgIpc) is 2.46. The molecular weight excluding hydrogens is 264 g/mol. The Kier molecular flexibility index (Phi) is 4.58. The highest BCUT2D eigenvalue weighted by Gasteiger charge is 2.11. The predicted molar refractivity (Wildman–Crippen MR) is 86.5 cm³/mol. The number of hydrogen-bond acceptors (Lipinski definition) is 4. The van der Waals surface area contributed by atoms with Crippen LogP contribution in [0.15, 0.2) is 36.4 Å². The van der Waals surface area contributed by atoms with E-state index in [9.17, 15) is 0 Å². The van der Waals surface area contributed by atoms with Crippen LogP contribution in [0.1, 0.15) is 24.5 Å². The van der Waals surface area contributed by atoms with Gasteiger partial charge < -0.3 is 20.9 Å². The highest BCUT2D eigenvalue weighted by molar-refractivity contribution is 5.51. The first-order valence-corrected chi connectivity index (χ1v) is 7.05. The van der Waals surface area contributed by atoms with Gasteiger partial charge >= 0.3 is 0 Å². The molecular formula is C17H22N2O2. The van der Waals surface area contributed by atoms with Gasteiger partial charge in [0, 0.05) is 23.9 Å². The van der Waals surface area contributed by atoms with E-state index in [1.54, 1.807) is 0 Å². The quantitative estimate of drug-likeness (QED) is 0.650. The number of anilines is 2. The number of rotatable bonds is 5. The molecule has 0 spiro atoms. The van der Waals surface area contributed by atoms with E-state index in [0.29, 0.717) is 11.4 Å². The third kappa shape index (κ3) is 3.81. The van der Waals surface area contributed by atoms with E-state index in [2.05, 4.69) is 0 Å². The number of benzene rings is 2. The first-order valence-electron chi connectivity index (χ1n) is 7.05. The monoisotopic (exact) mass is 286 g/mol. The topological polar surface area (TPSA) is 70.5 Å². The first-order chi connectivity index (χ1) is 9.99. The lowest BCUT2D eigenvalue weighted by Crippen LogP contribution is -2.23. The maximum atomic E-state index is 5.89.